The summed E-state index contributed by atoms with van der Waals surface area (Å²) in [5.41, 5.74) is 0.537. The normalized spacial score (nSPS) is 24.1. The molecule has 6 heteroatoms. The van der Waals surface area contributed by atoms with E-state index in [1.807, 2.05) is 18.7 Å². The maximum Gasteiger partial charge on any atom is 0.310 e. The quantitative estimate of drug-likeness (QED) is 0.612. The Morgan fingerprint density at radius 3 is 2.56 bits per heavy atom. The molecule has 0 aliphatic carbocycles. The monoisotopic (exact) mass is 270 g/mol. The molecule has 2 atom stereocenters. The number of para-hydroxylation sites is 1. The molecule has 1 heterocycles. The first kappa shape index (κ1) is 13.1. The first-order valence-electron chi connectivity index (χ1n) is 5.82. The highest BCUT2D eigenvalue weighted by molar-refractivity contribution is 6.33. The summed E-state index contributed by atoms with van der Waals surface area (Å²) in [4.78, 5) is 12.6. The van der Waals surface area contributed by atoms with Crippen LogP contribution in [0.5, 0.6) is 0 Å². The van der Waals surface area contributed by atoms with Gasteiger partial charge in [-0.2, -0.15) is 0 Å². The van der Waals surface area contributed by atoms with Gasteiger partial charge >= 0.3 is 5.69 Å². The highest BCUT2D eigenvalue weighted by Gasteiger charge is 2.28. The zero-order valence-electron chi connectivity index (χ0n) is 10.3. The molecule has 1 aromatic carbocycles. The van der Waals surface area contributed by atoms with Crippen molar-refractivity contribution in [3.05, 3.63) is 33.3 Å². The predicted molar refractivity (Wildman–Crippen MR) is 70.3 cm³/mol. The van der Waals surface area contributed by atoms with Crippen LogP contribution in [0.25, 0.3) is 0 Å². The van der Waals surface area contributed by atoms with Crippen molar-refractivity contribution in [3.63, 3.8) is 0 Å². The van der Waals surface area contributed by atoms with Crippen LogP contribution >= 0.6 is 11.6 Å². The van der Waals surface area contributed by atoms with Gasteiger partial charge in [-0.1, -0.05) is 17.7 Å². The molecule has 1 saturated heterocycles. The maximum absolute atomic E-state index is 11.1. The Morgan fingerprint density at radius 1 is 1.39 bits per heavy atom. The van der Waals surface area contributed by atoms with Gasteiger partial charge in [0.15, 0.2) is 0 Å². The van der Waals surface area contributed by atoms with Gasteiger partial charge in [0.2, 0.25) is 0 Å². The molecule has 0 amide bonds. The number of benzene rings is 1. The van der Waals surface area contributed by atoms with E-state index in [0.717, 1.165) is 0 Å². The fraction of sp³-hybridized carbons (Fsp3) is 0.500. The summed E-state index contributed by atoms with van der Waals surface area (Å²) in [6.07, 6.45) is 0.0969. The fourth-order valence-corrected chi connectivity index (χ4v) is 2.55. The van der Waals surface area contributed by atoms with Crippen LogP contribution in [0.15, 0.2) is 18.2 Å². The van der Waals surface area contributed by atoms with Crippen molar-refractivity contribution in [2.45, 2.75) is 26.1 Å². The van der Waals surface area contributed by atoms with Gasteiger partial charge < -0.3 is 9.64 Å². The summed E-state index contributed by atoms with van der Waals surface area (Å²) in [6, 6.07) is 5.00. The smallest absolute Gasteiger partial charge is 0.310 e. The Morgan fingerprint density at radius 2 is 2.00 bits per heavy atom. The first-order chi connectivity index (χ1) is 8.49. The Kier molecular flexibility index (Phi) is 3.73. The van der Waals surface area contributed by atoms with E-state index in [-0.39, 0.29) is 22.9 Å². The van der Waals surface area contributed by atoms with Crippen molar-refractivity contribution in [1.29, 1.82) is 0 Å². The molecule has 2 unspecified atom stereocenters. The molecule has 1 aromatic rings. The maximum atomic E-state index is 11.1. The Bertz CT molecular complexity index is 457. The molecular formula is C12H15ClN2O3. The van der Waals surface area contributed by atoms with Gasteiger partial charge in [0.05, 0.1) is 17.1 Å². The number of nitro benzene ring substituents is 1. The van der Waals surface area contributed by atoms with E-state index in [0.29, 0.717) is 18.8 Å². The lowest BCUT2D eigenvalue weighted by atomic mass is 10.1. The molecule has 0 spiro atoms. The third kappa shape index (κ3) is 2.57. The van der Waals surface area contributed by atoms with Crippen LogP contribution < -0.4 is 4.90 Å². The van der Waals surface area contributed by atoms with Crippen molar-refractivity contribution in [1.82, 2.24) is 0 Å². The molecule has 0 bridgehead atoms. The number of morpholine rings is 1. The van der Waals surface area contributed by atoms with Crippen molar-refractivity contribution in [2.75, 3.05) is 18.0 Å². The molecule has 0 saturated carbocycles. The number of halogens is 1. The zero-order valence-corrected chi connectivity index (χ0v) is 11.1. The minimum absolute atomic E-state index is 0.0273. The SMILES string of the molecule is CC1CN(c2cccc(Cl)c2[N+](=O)[O-])CC(C)O1. The lowest BCUT2D eigenvalue weighted by Crippen LogP contribution is -2.45. The Labute approximate surface area is 110 Å². The van der Waals surface area contributed by atoms with Crippen LogP contribution in [-0.2, 0) is 4.74 Å². The van der Waals surface area contributed by atoms with Gasteiger partial charge in [0.1, 0.15) is 10.7 Å². The molecule has 1 aliphatic rings. The number of hydrogen-bond acceptors (Lipinski definition) is 4. The molecule has 1 fully saturated rings. The second-order valence-corrected chi connectivity index (χ2v) is 4.93. The van der Waals surface area contributed by atoms with E-state index in [4.69, 9.17) is 16.3 Å². The second kappa shape index (κ2) is 5.12. The van der Waals surface area contributed by atoms with Crippen molar-refractivity contribution < 1.29 is 9.66 Å². The summed E-state index contributed by atoms with van der Waals surface area (Å²) >= 11 is 5.92. The van der Waals surface area contributed by atoms with E-state index in [1.165, 1.54) is 6.07 Å². The molecule has 1 aliphatic heterocycles. The first-order valence-corrected chi connectivity index (χ1v) is 6.20. The summed E-state index contributed by atoms with van der Waals surface area (Å²) < 4.78 is 5.62. The molecule has 0 N–H and O–H groups in total. The minimum atomic E-state index is -0.428. The lowest BCUT2D eigenvalue weighted by molar-refractivity contribution is -0.384. The summed E-state index contributed by atoms with van der Waals surface area (Å²) in [6.45, 7) is 5.18. The van der Waals surface area contributed by atoms with E-state index in [1.54, 1.807) is 12.1 Å². The van der Waals surface area contributed by atoms with Crippen LogP contribution in [0.2, 0.25) is 5.02 Å². The highest BCUT2D eigenvalue weighted by atomic mass is 35.5. The zero-order chi connectivity index (χ0) is 13.3. The summed E-state index contributed by atoms with van der Waals surface area (Å²) in [5, 5.41) is 11.3. The number of hydrogen-bond donors (Lipinski definition) is 0. The lowest BCUT2D eigenvalue weighted by Gasteiger charge is -2.36. The van der Waals surface area contributed by atoms with Crippen LogP contribution in [0.4, 0.5) is 11.4 Å². The van der Waals surface area contributed by atoms with Gasteiger partial charge in [0.25, 0.3) is 0 Å². The van der Waals surface area contributed by atoms with Crippen molar-refractivity contribution in [2.24, 2.45) is 0 Å². The van der Waals surface area contributed by atoms with Crippen molar-refractivity contribution in [3.8, 4) is 0 Å². The predicted octanol–water partition coefficient (Wildman–Crippen LogP) is 2.86. The summed E-state index contributed by atoms with van der Waals surface area (Å²) in [5.74, 6) is 0. The van der Waals surface area contributed by atoms with Crippen molar-refractivity contribution >= 4 is 23.0 Å². The van der Waals surface area contributed by atoms with Gasteiger partial charge in [-0.05, 0) is 26.0 Å². The molecule has 0 radical (unpaired) electrons. The Balaban J connectivity index is 2.38. The fourth-order valence-electron chi connectivity index (χ4n) is 2.31. The van der Waals surface area contributed by atoms with Gasteiger partial charge in [-0.15, -0.1) is 0 Å². The second-order valence-electron chi connectivity index (χ2n) is 4.53. The van der Waals surface area contributed by atoms with E-state index in [9.17, 15) is 10.1 Å². The van der Waals surface area contributed by atoms with Crippen LogP contribution in [0.3, 0.4) is 0 Å². The van der Waals surface area contributed by atoms with Crippen LogP contribution in [0, 0.1) is 10.1 Å². The number of nitro groups is 1. The topological polar surface area (TPSA) is 55.6 Å². The average Bonchev–Trinajstić information content (AvgIpc) is 2.26. The van der Waals surface area contributed by atoms with Crippen LogP contribution in [0.1, 0.15) is 13.8 Å². The minimum Gasteiger partial charge on any atom is -0.372 e. The van der Waals surface area contributed by atoms with Gasteiger partial charge in [0, 0.05) is 13.1 Å². The molecule has 18 heavy (non-hydrogen) atoms. The standard InChI is InChI=1S/C12H15ClN2O3/c1-8-6-14(7-9(2)18-8)11-5-3-4-10(13)12(11)15(16)17/h3-5,8-9H,6-7H2,1-2H3. The third-order valence-electron chi connectivity index (χ3n) is 2.91. The number of nitrogens with zero attached hydrogens (tertiary/aromatic N) is 2. The third-order valence-corrected chi connectivity index (χ3v) is 3.21. The highest BCUT2D eigenvalue weighted by Crippen LogP contribution is 2.36. The average molecular weight is 271 g/mol. The number of anilines is 1. The Hall–Kier alpha value is -1.33. The van der Waals surface area contributed by atoms with E-state index >= 15 is 0 Å². The van der Waals surface area contributed by atoms with Crippen LogP contribution in [-0.4, -0.2) is 30.2 Å². The molecule has 2 rings (SSSR count). The molecule has 98 valence electrons. The molecular weight excluding hydrogens is 256 g/mol. The van der Waals surface area contributed by atoms with Gasteiger partial charge in [-0.25, -0.2) is 0 Å². The largest absolute Gasteiger partial charge is 0.372 e. The molecule has 5 nitrogen and oxygen atoms in total. The van der Waals surface area contributed by atoms with E-state index < -0.39 is 4.92 Å². The summed E-state index contributed by atoms with van der Waals surface area (Å²) in [7, 11) is 0. The molecule has 0 aromatic heterocycles. The number of ether oxygens (including phenoxy) is 1. The van der Waals surface area contributed by atoms with Gasteiger partial charge in [-0.3, -0.25) is 10.1 Å². The number of rotatable bonds is 2. The van der Waals surface area contributed by atoms with E-state index in [2.05, 4.69) is 0 Å².